The molecule has 0 unspecified atom stereocenters. The number of benzene rings is 1. The van der Waals surface area contributed by atoms with E-state index in [1.165, 1.54) is 6.07 Å². The first-order valence-electron chi connectivity index (χ1n) is 5.91. The largest absolute Gasteiger partial charge is 0.490 e. The third-order valence-electron chi connectivity index (χ3n) is 2.28. The van der Waals surface area contributed by atoms with Crippen LogP contribution < -0.4 is 15.2 Å². The molecular weight excluding hydrogens is 236 g/mol. The van der Waals surface area contributed by atoms with Crippen molar-refractivity contribution in [1.29, 1.82) is 0 Å². The van der Waals surface area contributed by atoms with Crippen molar-refractivity contribution in [2.24, 2.45) is 5.73 Å². The monoisotopic (exact) mass is 254 g/mol. The Bertz CT molecular complexity index is 421. The van der Waals surface area contributed by atoms with Gasteiger partial charge in [-0.2, -0.15) is 0 Å². The van der Waals surface area contributed by atoms with Gasteiger partial charge in [-0.1, -0.05) is 6.92 Å². The molecule has 100 valence electrons. The van der Waals surface area contributed by atoms with Gasteiger partial charge in [0.25, 0.3) is 0 Å². The molecule has 0 saturated carbocycles. The molecule has 0 atom stereocenters. The summed E-state index contributed by atoms with van der Waals surface area (Å²) in [4.78, 5) is 10.6. The Hall–Kier alpha value is -1.82. The number of nitrogens with two attached hydrogens (primary N) is 1. The van der Waals surface area contributed by atoms with E-state index in [-0.39, 0.29) is 18.0 Å². The highest BCUT2D eigenvalue weighted by molar-refractivity contribution is 5.58. The highest BCUT2D eigenvalue weighted by Gasteiger charge is 2.22. The van der Waals surface area contributed by atoms with Crippen molar-refractivity contribution in [3.05, 3.63) is 27.8 Å². The van der Waals surface area contributed by atoms with E-state index in [0.29, 0.717) is 24.5 Å². The van der Waals surface area contributed by atoms with Gasteiger partial charge in [0.2, 0.25) is 5.75 Å². The molecule has 0 saturated heterocycles. The molecule has 6 nitrogen and oxygen atoms in total. The van der Waals surface area contributed by atoms with Crippen LogP contribution in [0.2, 0.25) is 0 Å². The summed E-state index contributed by atoms with van der Waals surface area (Å²) in [5, 5.41) is 11.0. The first-order chi connectivity index (χ1) is 8.63. The molecule has 1 aromatic carbocycles. The first kappa shape index (κ1) is 14.2. The molecule has 0 amide bonds. The molecule has 0 aliphatic rings. The Morgan fingerprint density at radius 2 is 2.06 bits per heavy atom. The van der Waals surface area contributed by atoms with Crippen LogP contribution in [0.15, 0.2) is 12.1 Å². The fourth-order valence-corrected chi connectivity index (χ4v) is 1.51. The maximum Gasteiger partial charge on any atom is 0.315 e. The summed E-state index contributed by atoms with van der Waals surface area (Å²) in [7, 11) is 0. The van der Waals surface area contributed by atoms with Crippen LogP contribution in [-0.4, -0.2) is 18.1 Å². The lowest BCUT2D eigenvalue weighted by Crippen LogP contribution is -2.06. The molecule has 0 fully saturated rings. The van der Waals surface area contributed by atoms with E-state index in [1.807, 2.05) is 13.8 Å². The van der Waals surface area contributed by atoms with Crippen molar-refractivity contribution in [3.8, 4) is 11.5 Å². The van der Waals surface area contributed by atoms with Crippen LogP contribution in [0.4, 0.5) is 5.69 Å². The minimum Gasteiger partial charge on any atom is -0.490 e. The predicted octanol–water partition coefficient (Wildman–Crippen LogP) is 2.24. The van der Waals surface area contributed by atoms with Crippen LogP contribution in [0, 0.1) is 10.1 Å². The second-order valence-corrected chi connectivity index (χ2v) is 3.68. The normalized spacial score (nSPS) is 10.2. The standard InChI is InChI=1S/C12H18N2O4/c1-3-5-18-12-10(14(15)16)6-9(8-13)7-11(12)17-4-2/h6-7H,3-5,8,13H2,1-2H3. The quantitative estimate of drug-likeness (QED) is 0.595. The molecule has 1 rings (SSSR count). The Kier molecular flexibility index (Phi) is 5.38. The first-order valence-corrected chi connectivity index (χ1v) is 5.91. The van der Waals surface area contributed by atoms with E-state index in [4.69, 9.17) is 15.2 Å². The van der Waals surface area contributed by atoms with Gasteiger partial charge in [0.1, 0.15) is 0 Å². The molecule has 0 aromatic heterocycles. The van der Waals surface area contributed by atoms with Crippen LogP contribution in [0.25, 0.3) is 0 Å². The Labute approximate surface area is 106 Å². The second kappa shape index (κ2) is 6.80. The third kappa shape index (κ3) is 3.33. The molecule has 0 radical (unpaired) electrons. The van der Waals surface area contributed by atoms with Crippen LogP contribution in [0.3, 0.4) is 0 Å². The summed E-state index contributed by atoms with van der Waals surface area (Å²) in [5.41, 5.74) is 6.06. The summed E-state index contributed by atoms with van der Waals surface area (Å²) < 4.78 is 10.8. The van der Waals surface area contributed by atoms with Gasteiger partial charge in [0, 0.05) is 12.6 Å². The lowest BCUT2D eigenvalue weighted by Gasteiger charge is -2.13. The van der Waals surface area contributed by atoms with E-state index in [2.05, 4.69) is 0 Å². The summed E-state index contributed by atoms with van der Waals surface area (Å²) >= 11 is 0. The number of rotatable bonds is 7. The van der Waals surface area contributed by atoms with Crippen molar-refractivity contribution in [2.75, 3.05) is 13.2 Å². The number of ether oxygens (including phenoxy) is 2. The minimum absolute atomic E-state index is 0.102. The zero-order valence-electron chi connectivity index (χ0n) is 10.6. The van der Waals surface area contributed by atoms with Gasteiger partial charge in [-0.3, -0.25) is 10.1 Å². The van der Waals surface area contributed by atoms with E-state index in [1.54, 1.807) is 6.07 Å². The molecule has 0 spiro atoms. The highest BCUT2D eigenvalue weighted by Crippen LogP contribution is 2.38. The smallest absolute Gasteiger partial charge is 0.315 e. The van der Waals surface area contributed by atoms with Crippen LogP contribution in [-0.2, 0) is 6.54 Å². The average molecular weight is 254 g/mol. The summed E-state index contributed by atoms with van der Waals surface area (Å²) in [6, 6.07) is 3.11. The molecule has 2 N–H and O–H groups in total. The summed E-state index contributed by atoms with van der Waals surface area (Å²) in [5.74, 6) is 0.557. The Balaban J connectivity index is 3.25. The molecule has 0 aliphatic carbocycles. The van der Waals surface area contributed by atoms with Gasteiger partial charge in [0.15, 0.2) is 5.75 Å². The highest BCUT2D eigenvalue weighted by atomic mass is 16.6. The third-order valence-corrected chi connectivity index (χ3v) is 2.28. The molecule has 0 bridgehead atoms. The van der Waals surface area contributed by atoms with Crippen molar-refractivity contribution in [3.63, 3.8) is 0 Å². The van der Waals surface area contributed by atoms with Gasteiger partial charge in [-0.25, -0.2) is 0 Å². The zero-order chi connectivity index (χ0) is 13.5. The Morgan fingerprint density at radius 3 is 2.56 bits per heavy atom. The number of nitro benzene ring substituents is 1. The number of nitrogens with zero attached hydrogens (tertiary/aromatic N) is 1. The lowest BCUT2D eigenvalue weighted by molar-refractivity contribution is -0.386. The van der Waals surface area contributed by atoms with Crippen molar-refractivity contribution in [2.45, 2.75) is 26.8 Å². The van der Waals surface area contributed by atoms with Crippen LogP contribution >= 0.6 is 0 Å². The number of hydrogen-bond donors (Lipinski definition) is 1. The van der Waals surface area contributed by atoms with Crippen molar-refractivity contribution < 1.29 is 14.4 Å². The number of hydrogen-bond acceptors (Lipinski definition) is 5. The fraction of sp³-hybridized carbons (Fsp3) is 0.500. The summed E-state index contributed by atoms with van der Waals surface area (Å²) in [6.07, 6.45) is 0.765. The molecule has 6 heteroatoms. The van der Waals surface area contributed by atoms with Crippen molar-refractivity contribution in [1.82, 2.24) is 0 Å². The minimum atomic E-state index is -0.479. The van der Waals surface area contributed by atoms with Crippen LogP contribution in [0.1, 0.15) is 25.8 Å². The average Bonchev–Trinajstić information content (AvgIpc) is 2.36. The zero-order valence-corrected chi connectivity index (χ0v) is 10.6. The fourth-order valence-electron chi connectivity index (χ4n) is 1.51. The van der Waals surface area contributed by atoms with E-state index < -0.39 is 4.92 Å². The number of nitro groups is 1. The maximum absolute atomic E-state index is 11.0. The molecule has 0 aliphatic heterocycles. The SMILES string of the molecule is CCCOc1c(OCC)cc(CN)cc1[N+](=O)[O-]. The molecule has 18 heavy (non-hydrogen) atoms. The van der Waals surface area contributed by atoms with Gasteiger partial charge >= 0.3 is 5.69 Å². The van der Waals surface area contributed by atoms with Gasteiger partial charge in [-0.05, 0) is 25.0 Å². The van der Waals surface area contributed by atoms with E-state index in [9.17, 15) is 10.1 Å². The molecule has 1 aromatic rings. The summed E-state index contributed by atoms with van der Waals surface area (Å²) in [6.45, 7) is 4.77. The van der Waals surface area contributed by atoms with E-state index in [0.717, 1.165) is 6.42 Å². The maximum atomic E-state index is 11.0. The second-order valence-electron chi connectivity index (χ2n) is 3.68. The van der Waals surface area contributed by atoms with Gasteiger partial charge < -0.3 is 15.2 Å². The topological polar surface area (TPSA) is 87.6 Å². The Morgan fingerprint density at radius 1 is 1.33 bits per heavy atom. The molecule has 0 heterocycles. The predicted molar refractivity (Wildman–Crippen MR) is 67.9 cm³/mol. The van der Waals surface area contributed by atoms with Crippen molar-refractivity contribution >= 4 is 5.69 Å². The van der Waals surface area contributed by atoms with Gasteiger partial charge in [0.05, 0.1) is 18.1 Å². The van der Waals surface area contributed by atoms with E-state index >= 15 is 0 Å². The van der Waals surface area contributed by atoms with Gasteiger partial charge in [-0.15, -0.1) is 0 Å². The molecular formula is C12H18N2O4. The lowest BCUT2D eigenvalue weighted by atomic mass is 10.1. The van der Waals surface area contributed by atoms with Crippen LogP contribution in [0.5, 0.6) is 11.5 Å².